The van der Waals surface area contributed by atoms with Gasteiger partial charge in [0.1, 0.15) is 0 Å². The molecule has 3 nitrogen and oxygen atoms in total. The lowest BCUT2D eigenvalue weighted by atomic mass is 10.3. The van der Waals surface area contributed by atoms with E-state index in [1.165, 1.54) is 19.2 Å². The summed E-state index contributed by atoms with van der Waals surface area (Å²) in [5.41, 5.74) is 0. The quantitative estimate of drug-likeness (QED) is 0.255. The minimum absolute atomic E-state index is 0.318. The van der Waals surface area contributed by atoms with Gasteiger partial charge in [0.15, 0.2) is 0 Å². The second-order valence-electron chi connectivity index (χ2n) is 2.92. The van der Waals surface area contributed by atoms with Gasteiger partial charge in [-0.05, 0) is 19.4 Å². The molecule has 0 spiro atoms. The van der Waals surface area contributed by atoms with Gasteiger partial charge in [0.05, 0.1) is 6.61 Å². The van der Waals surface area contributed by atoms with Gasteiger partial charge in [0, 0.05) is 19.2 Å². The molecular weight excluding hydrogens is 154 g/mol. The van der Waals surface area contributed by atoms with Crippen LogP contribution in [0.15, 0.2) is 12.7 Å². The Morgan fingerprint density at radius 1 is 1.50 bits per heavy atom. The molecule has 68 valence electrons. The molecule has 0 aromatic rings. The summed E-state index contributed by atoms with van der Waals surface area (Å²) in [5.74, 6) is -0.318. The molecule has 1 aliphatic heterocycles. The largest absolute Gasteiger partial charge is 0.463 e. The van der Waals surface area contributed by atoms with Crippen LogP contribution in [0.4, 0.5) is 0 Å². The summed E-state index contributed by atoms with van der Waals surface area (Å²) in [6.07, 6.45) is 3.27. The normalized spacial score (nSPS) is 15.7. The van der Waals surface area contributed by atoms with Gasteiger partial charge in [-0.2, -0.15) is 0 Å². The first kappa shape index (κ1) is 9.26. The maximum absolute atomic E-state index is 10.6. The van der Waals surface area contributed by atoms with Gasteiger partial charge in [0.25, 0.3) is 0 Å². The first-order chi connectivity index (χ1) is 5.83. The second-order valence-corrected chi connectivity index (χ2v) is 2.92. The Morgan fingerprint density at radius 2 is 2.25 bits per heavy atom. The number of hydrogen-bond donors (Lipinski definition) is 0. The average Bonchev–Trinajstić information content (AvgIpc) is 2.87. The van der Waals surface area contributed by atoms with Gasteiger partial charge < -0.3 is 9.64 Å². The fraction of sp³-hybridized carbons (Fsp3) is 0.667. The maximum atomic E-state index is 10.6. The Labute approximate surface area is 73.0 Å². The summed E-state index contributed by atoms with van der Waals surface area (Å²) in [5, 5.41) is 0. The van der Waals surface area contributed by atoms with Crippen molar-refractivity contribution in [2.45, 2.75) is 12.8 Å². The second kappa shape index (κ2) is 4.93. The van der Waals surface area contributed by atoms with Crippen LogP contribution in [0.1, 0.15) is 12.8 Å². The highest BCUT2D eigenvalue weighted by Crippen LogP contribution is 2.05. The highest BCUT2D eigenvalue weighted by atomic mass is 16.5. The molecule has 0 radical (unpaired) electrons. The molecule has 0 aliphatic carbocycles. The standard InChI is InChI=1S/C9H15NO2/c1-2-9(11)12-8-4-3-5-10-6-7-10/h2H,1,3-8H2. The van der Waals surface area contributed by atoms with Gasteiger partial charge in [-0.3, -0.25) is 0 Å². The molecule has 0 aromatic carbocycles. The smallest absolute Gasteiger partial charge is 0.330 e. The van der Waals surface area contributed by atoms with Crippen molar-refractivity contribution in [1.82, 2.24) is 4.90 Å². The van der Waals surface area contributed by atoms with Crippen LogP contribution in [0.25, 0.3) is 0 Å². The summed E-state index contributed by atoms with van der Waals surface area (Å²) in [6.45, 7) is 7.47. The van der Waals surface area contributed by atoms with Crippen molar-refractivity contribution in [2.75, 3.05) is 26.2 Å². The summed E-state index contributed by atoms with van der Waals surface area (Å²) in [4.78, 5) is 12.9. The van der Waals surface area contributed by atoms with E-state index >= 15 is 0 Å². The van der Waals surface area contributed by atoms with Crippen LogP contribution in [-0.4, -0.2) is 37.1 Å². The van der Waals surface area contributed by atoms with Crippen LogP contribution in [-0.2, 0) is 9.53 Å². The van der Waals surface area contributed by atoms with E-state index in [2.05, 4.69) is 11.5 Å². The van der Waals surface area contributed by atoms with E-state index in [9.17, 15) is 4.79 Å². The Morgan fingerprint density at radius 3 is 2.83 bits per heavy atom. The molecule has 0 bridgehead atoms. The highest BCUT2D eigenvalue weighted by Gasteiger charge is 2.15. The molecule has 3 heteroatoms. The first-order valence-corrected chi connectivity index (χ1v) is 4.34. The van der Waals surface area contributed by atoms with Crippen molar-refractivity contribution in [2.24, 2.45) is 0 Å². The predicted octanol–water partition coefficient (Wildman–Crippen LogP) is 0.811. The number of ether oxygens (including phenoxy) is 1. The van der Waals surface area contributed by atoms with Gasteiger partial charge in [0.2, 0.25) is 0 Å². The van der Waals surface area contributed by atoms with Crippen molar-refractivity contribution < 1.29 is 9.53 Å². The van der Waals surface area contributed by atoms with E-state index in [0.717, 1.165) is 19.4 Å². The van der Waals surface area contributed by atoms with Crippen molar-refractivity contribution >= 4 is 5.97 Å². The number of carbonyl (C=O) groups excluding carboxylic acids is 1. The lowest BCUT2D eigenvalue weighted by Crippen LogP contribution is -2.05. The Kier molecular flexibility index (Phi) is 3.80. The van der Waals surface area contributed by atoms with E-state index in [-0.39, 0.29) is 5.97 Å². The Balaban J connectivity index is 1.81. The zero-order valence-corrected chi connectivity index (χ0v) is 7.29. The SMILES string of the molecule is C=CC(=O)OCCCCN1CC1. The number of nitrogens with zero attached hydrogens (tertiary/aromatic N) is 1. The molecule has 12 heavy (non-hydrogen) atoms. The molecule has 1 saturated heterocycles. The first-order valence-electron chi connectivity index (χ1n) is 4.34. The van der Waals surface area contributed by atoms with E-state index in [1.54, 1.807) is 0 Å². The summed E-state index contributed by atoms with van der Waals surface area (Å²) in [7, 11) is 0. The zero-order valence-electron chi connectivity index (χ0n) is 7.29. The number of esters is 1. The van der Waals surface area contributed by atoms with Crippen LogP contribution in [0, 0.1) is 0 Å². The molecule has 1 heterocycles. The Bertz CT molecular complexity index is 164. The molecular formula is C9H15NO2. The van der Waals surface area contributed by atoms with Crippen LogP contribution in [0.5, 0.6) is 0 Å². The number of rotatable bonds is 6. The molecule has 0 N–H and O–H groups in total. The van der Waals surface area contributed by atoms with Crippen LogP contribution >= 0.6 is 0 Å². The summed E-state index contributed by atoms with van der Waals surface area (Å²) in [6, 6.07) is 0. The topological polar surface area (TPSA) is 29.3 Å². The number of unbranched alkanes of at least 4 members (excludes halogenated alkanes) is 1. The highest BCUT2D eigenvalue weighted by molar-refractivity contribution is 5.81. The van der Waals surface area contributed by atoms with Crippen LogP contribution in [0.3, 0.4) is 0 Å². The molecule has 0 amide bonds. The lowest BCUT2D eigenvalue weighted by molar-refractivity contribution is -0.137. The third kappa shape index (κ3) is 4.13. The fourth-order valence-corrected chi connectivity index (χ4v) is 0.963. The van der Waals surface area contributed by atoms with Gasteiger partial charge >= 0.3 is 5.97 Å². The third-order valence-electron chi connectivity index (χ3n) is 1.82. The van der Waals surface area contributed by atoms with Gasteiger partial charge in [-0.1, -0.05) is 6.58 Å². The van der Waals surface area contributed by atoms with E-state index < -0.39 is 0 Å². The summed E-state index contributed by atoms with van der Waals surface area (Å²) >= 11 is 0. The maximum Gasteiger partial charge on any atom is 0.330 e. The van der Waals surface area contributed by atoms with Crippen molar-refractivity contribution in [3.05, 3.63) is 12.7 Å². The van der Waals surface area contributed by atoms with Crippen LogP contribution < -0.4 is 0 Å². The lowest BCUT2D eigenvalue weighted by Gasteiger charge is -2.01. The zero-order chi connectivity index (χ0) is 8.81. The number of carbonyl (C=O) groups is 1. The molecule has 1 aliphatic rings. The number of hydrogen-bond acceptors (Lipinski definition) is 3. The van der Waals surface area contributed by atoms with Crippen molar-refractivity contribution in [3.8, 4) is 0 Å². The molecule has 0 aromatic heterocycles. The Hall–Kier alpha value is -0.830. The van der Waals surface area contributed by atoms with Gasteiger partial charge in [-0.25, -0.2) is 4.79 Å². The third-order valence-corrected chi connectivity index (χ3v) is 1.82. The van der Waals surface area contributed by atoms with Gasteiger partial charge in [-0.15, -0.1) is 0 Å². The average molecular weight is 169 g/mol. The monoisotopic (exact) mass is 169 g/mol. The van der Waals surface area contributed by atoms with E-state index in [1.807, 2.05) is 0 Å². The summed E-state index contributed by atoms with van der Waals surface area (Å²) < 4.78 is 4.82. The molecule has 0 saturated carbocycles. The van der Waals surface area contributed by atoms with Crippen LogP contribution in [0.2, 0.25) is 0 Å². The van der Waals surface area contributed by atoms with E-state index in [4.69, 9.17) is 4.74 Å². The predicted molar refractivity (Wildman–Crippen MR) is 46.8 cm³/mol. The van der Waals surface area contributed by atoms with Crippen molar-refractivity contribution in [3.63, 3.8) is 0 Å². The molecule has 0 unspecified atom stereocenters. The molecule has 1 fully saturated rings. The minimum atomic E-state index is -0.318. The molecule has 0 atom stereocenters. The minimum Gasteiger partial charge on any atom is -0.463 e. The fourth-order valence-electron chi connectivity index (χ4n) is 0.963. The molecule has 1 rings (SSSR count). The van der Waals surface area contributed by atoms with Crippen molar-refractivity contribution in [1.29, 1.82) is 0 Å². The van der Waals surface area contributed by atoms with E-state index in [0.29, 0.717) is 6.61 Å².